The number of rotatable bonds is 2. The summed E-state index contributed by atoms with van der Waals surface area (Å²) in [7, 11) is 0. The van der Waals surface area contributed by atoms with E-state index in [1.54, 1.807) is 5.56 Å². The van der Waals surface area contributed by atoms with Crippen molar-refractivity contribution in [3.63, 3.8) is 0 Å². The first kappa shape index (κ1) is 11.3. The van der Waals surface area contributed by atoms with Gasteiger partial charge in [0.05, 0.1) is 0 Å². The van der Waals surface area contributed by atoms with E-state index in [0.717, 1.165) is 17.8 Å². The Bertz CT molecular complexity index is 383. The van der Waals surface area contributed by atoms with Crippen LogP contribution in [-0.4, -0.2) is 0 Å². The van der Waals surface area contributed by atoms with Crippen molar-refractivity contribution in [2.75, 3.05) is 0 Å². The van der Waals surface area contributed by atoms with Gasteiger partial charge in [-0.05, 0) is 56.1 Å². The van der Waals surface area contributed by atoms with Gasteiger partial charge in [-0.25, -0.2) is 0 Å². The molecule has 3 unspecified atom stereocenters. The Labute approximate surface area is 111 Å². The highest BCUT2D eigenvalue weighted by Crippen LogP contribution is 2.63. The molecule has 0 amide bonds. The molecule has 2 aliphatic rings. The zero-order chi connectivity index (χ0) is 11.3. The van der Waals surface area contributed by atoms with Crippen molar-refractivity contribution in [1.29, 1.82) is 0 Å². The summed E-state index contributed by atoms with van der Waals surface area (Å²) in [4.78, 5) is 3.61. The average molecular weight is 299 g/mol. The third-order valence-corrected chi connectivity index (χ3v) is 6.52. The van der Waals surface area contributed by atoms with Crippen LogP contribution in [0, 0.1) is 31.6 Å². The standard InChI is InChI=1S/C14H19BrS/c1-8-7-12(9(2)16-8)14(15)13-10-5-3-4-6-11(10)13/h7,10-11,13-14H,3-6H2,1-2H3. The van der Waals surface area contributed by atoms with Crippen LogP contribution in [0.2, 0.25) is 0 Å². The van der Waals surface area contributed by atoms with Gasteiger partial charge >= 0.3 is 0 Å². The maximum Gasteiger partial charge on any atom is 0.0439 e. The van der Waals surface area contributed by atoms with Crippen LogP contribution in [0.15, 0.2) is 6.07 Å². The van der Waals surface area contributed by atoms with Gasteiger partial charge in [-0.15, -0.1) is 11.3 Å². The van der Waals surface area contributed by atoms with Gasteiger partial charge in [-0.2, -0.15) is 0 Å². The molecular weight excluding hydrogens is 280 g/mol. The molecule has 0 aliphatic heterocycles. The van der Waals surface area contributed by atoms with E-state index in [1.165, 1.54) is 35.4 Å². The van der Waals surface area contributed by atoms with Crippen LogP contribution in [0.25, 0.3) is 0 Å². The molecule has 2 heteroatoms. The van der Waals surface area contributed by atoms with Crippen LogP contribution in [0.1, 0.15) is 45.8 Å². The fourth-order valence-corrected chi connectivity index (χ4v) is 6.00. The minimum absolute atomic E-state index is 0.630. The summed E-state index contributed by atoms with van der Waals surface area (Å²) in [6.45, 7) is 4.49. The lowest BCUT2D eigenvalue weighted by Gasteiger charge is -2.08. The minimum Gasteiger partial charge on any atom is -0.146 e. The highest BCUT2D eigenvalue weighted by Gasteiger charge is 2.53. The second-order valence-corrected chi connectivity index (χ2v) is 7.91. The Balaban J connectivity index is 1.78. The summed E-state index contributed by atoms with van der Waals surface area (Å²) in [6.07, 6.45) is 5.91. The number of thiophene rings is 1. The van der Waals surface area contributed by atoms with Crippen LogP contribution in [0.5, 0.6) is 0 Å². The zero-order valence-electron chi connectivity index (χ0n) is 10.0. The first-order chi connectivity index (χ1) is 7.68. The normalized spacial score (nSPS) is 34.6. The monoisotopic (exact) mass is 298 g/mol. The Morgan fingerprint density at radius 3 is 2.38 bits per heavy atom. The maximum atomic E-state index is 3.97. The van der Waals surface area contributed by atoms with Crippen molar-refractivity contribution < 1.29 is 0 Å². The van der Waals surface area contributed by atoms with Crippen molar-refractivity contribution in [1.82, 2.24) is 0 Å². The lowest BCUT2D eigenvalue weighted by atomic mass is 10.0. The van der Waals surface area contributed by atoms with Gasteiger partial charge in [0.25, 0.3) is 0 Å². The molecule has 0 aromatic carbocycles. The fraction of sp³-hybridized carbons (Fsp3) is 0.714. The summed E-state index contributed by atoms with van der Waals surface area (Å²) in [6, 6.07) is 2.39. The molecular formula is C14H19BrS. The Hall–Kier alpha value is 0.180. The molecule has 88 valence electrons. The smallest absolute Gasteiger partial charge is 0.0439 e. The highest BCUT2D eigenvalue weighted by atomic mass is 79.9. The van der Waals surface area contributed by atoms with E-state index < -0.39 is 0 Å². The van der Waals surface area contributed by atoms with E-state index in [1.807, 2.05) is 11.3 Å². The highest BCUT2D eigenvalue weighted by molar-refractivity contribution is 9.09. The van der Waals surface area contributed by atoms with Gasteiger partial charge in [0, 0.05) is 14.6 Å². The minimum atomic E-state index is 0.630. The summed E-state index contributed by atoms with van der Waals surface area (Å²) in [5.74, 6) is 3.02. The van der Waals surface area contributed by atoms with E-state index in [-0.39, 0.29) is 0 Å². The molecule has 0 nitrogen and oxygen atoms in total. The van der Waals surface area contributed by atoms with Gasteiger partial charge < -0.3 is 0 Å². The van der Waals surface area contributed by atoms with Crippen molar-refractivity contribution in [2.24, 2.45) is 17.8 Å². The van der Waals surface area contributed by atoms with Crippen LogP contribution >= 0.6 is 27.3 Å². The van der Waals surface area contributed by atoms with Gasteiger partial charge in [-0.3, -0.25) is 0 Å². The largest absolute Gasteiger partial charge is 0.146 e. The zero-order valence-corrected chi connectivity index (χ0v) is 12.4. The SMILES string of the molecule is Cc1cc(C(Br)C2C3CCCCC32)c(C)s1. The molecule has 0 bridgehead atoms. The van der Waals surface area contributed by atoms with E-state index in [0.29, 0.717) is 4.83 Å². The quantitative estimate of drug-likeness (QED) is 0.655. The van der Waals surface area contributed by atoms with Crippen molar-refractivity contribution in [2.45, 2.75) is 44.4 Å². The Kier molecular flexibility index (Phi) is 2.91. The molecule has 0 spiro atoms. The number of hydrogen-bond acceptors (Lipinski definition) is 1. The van der Waals surface area contributed by atoms with E-state index in [9.17, 15) is 0 Å². The lowest BCUT2D eigenvalue weighted by molar-refractivity contribution is 0.480. The number of alkyl halides is 1. The molecule has 1 heterocycles. The molecule has 2 saturated carbocycles. The molecule has 2 fully saturated rings. The van der Waals surface area contributed by atoms with Crippen molar-refractivity contribution >= 4 is 27.3 Å². The van der Waals surface area contributed by atoms with Gasteiger partial charge in [-0.1, -0.05) is 28.8 Å². The Morgan fingerprint density at radius 1 is 1.25 bits per heavy atom. The lowest BCUT2D eigenvalue weighted by Crippen LogP contribution is -1.95. The van der Waals surface area contributed by atoms with E-state index in [2.05, 4.69) is 35.8 Å². The molecule has 0 saturated heterocycles. The molecule has 1 aromatic heterocycles. The van der Waals surface area contributed by atoms with Crippen molar-refractivity contribution in [3.8, 4) is 0 Å². The number of fused-ring (bicyclic) bond motifs is 1. The van der Waals surface area contributed by atoms with Crippen LogP contribution in [-0.2, 0) is 0 Å². The summed E-state index contributed by atoms with van der Waals surface area (Å²) < 4.78 is 0. The van der Waals surface area contributed by atoms with Gasteiger partial charge in [0.15, 0.2) is 0 Å². The Morgan fingerprint density at radius 2 is 1.88 bits per heavy atom. The first-order valence-electron chi connectivity index (χ1n) is 6.39. The summed E-state index contributed by atoms with van der Waals surface area (Å²) in [5.41, 5.74) is 1.57. The number of halogens is 1. The topological polar surface area (TPSA) is 0 Å². The summed E-state index contributed by atoms with van der Waals surface area (Å²) >= 11 is 5.92. The molecule has 2 aliphatic carbocycles. The average Bonchev–Trinajstić information content (AvgIpc) is 2.89. The van der Waals surface area contributed by atoms with Crippen LogP contribution < -0.4 is 0 Å². The third kappa shape index (κ3) is 1.78. The van der Waals surface area contributed by atoms with Gasteiger partial charge in [0.2, 0.25) is 0 Å². The molecule has 0 radical (unpaired) electrons. The van der Waals surface area contributed by atoms with Crippen LogP contribution in [0.4, 0.5) is 0 Å². The molecule has 1 aromatic rings. The van der Waals surface area contributed by atoms with Gasteiger partial charge in [0.1, 0.15) is 0 Å². The van der Waals surface area contributed by atoms with Crippen molar-refractivity contribution in [3.05, 3.63) is 21.4 Å². The molecule has 0 N–H and O–H groups in total. The fourth-order valence-electron chi connectivity index (χ4n) is 3.61. The maximum absolute atomic E-state index is 3.97. The third-order valence-electron chi connectivity index (χ3n) is 4.44. The second-order valence-electron chi connectivity index (χ2n) is 5.46. The van der Waals surface area contributed by atoms with E-state index >= 15 is 0 Å². The van der Waals surface area contributed by atoms with Crippen LogP contribution in [0.3, 0.4) is 0 Å². The molecule has 3 atom stereocenters. The number of hydrogen-bond donors (Lipinski definition) is 0. The molecule has 16 heavy (non-hydrogen) atoms. The summed E-state index contributed by atoms with van der Waals surface area (Å²) in [5, 5.41) is 0. The predicted molar refractivity (Wildman–Crippen MR) is 74.4 cm³/mol. The molecule has 3 rings (SSSR count). The number of aryl methyl sites for hydroxylation is 2. The first-order valence-corrected chi connectivity index (χ1v) is 8.12. The predicted octanol–water partition coefficient (Wildman–Crippen LogP) is 5.24. The van der Waals surface area contributed by atoms with E-state index in [4.69, 9.17) is 0 Å². The second kappa shape index (κ2) is 4.13.